The van der Waals surface area contributed by atoms with Gasteiger partial charge in [0.2, 0.25) is 5.91 Å². The Balaban J connectivity index is 0.000000612. The van der Waals surface area contributed by atoms with Gasteiger partial charge in [0.05, 0.1) is 17.4 Å². The quantitative estimate of drug-likeness (QED) is 0.0962. The van der Waals surface area contributed by atoms with Crippen molar-refractivity contribution in [2.24, 2.45) is 0 Å². The van der Waals surface area contributed by atoms with E-state index in [0.717, 1.165) is 83.7 Å². The molecule has 0 bridgehead atoms. The fourth-order valence-electron chi connectivity index (χ4n) is 7.58. The van der Waals surface area contributed by atoms with Crippen LogP contribution in [0.4, 0.5) is 11.5 Å². The third-order valence-electron chi connectivity index (χ3n) is 10.7. The van der Waals surface area contributed by atoms with Gasteiger partial charge in [0.1, 0.15) is 5.69 Å². The van der Waals surface area contributed by atoms with Crippen molar-refractivity contribution >= 4 is 68.7 Å². The number of anilines is 2. The van der Waals surface area contributed by atoms with E-state index >= 15 is 0 Å². The second-order valence-corrected chi connectivity index (χ2v) is 15.2. The number of nitrogens with one attached hydrogen (secondary N) is 3. The summed E-state index contributed by atoms with van der Waals surface area (Å²) in [7, 11) is 0. The molecule has 2 aliphatic heterocycles. The smallest absolute Gasteiger partial charge is 0.272 e. The fraction of sp³-hybridized carbons (Fsp3) is 0.283. The number of nitrogens with zero attached hydrogens (tertiary/aromatic N) is 4. The van der Waals surface area contributed by atoms with Gasteiger partial charge < -0.3 is 30.3 Å². The zero-order chi connectivity index (χ0) is 40.5. The minimum atomic E-state index is -0.304. The molecular formula is C46H49Cl2N7O2. The molecule has 57 heavy (non-hydrogen) atoms. The van der Waals surface area contributed by atoms with Gasteiger partial charge in [-0.05, 0) is 98.8 Å². The summed E-state index contributed by atoms with van der Waals surface area (Å²) in [5.41, 5.74) is 6.34. The average Bonchev–Trinajstić information content (AvgIpc) is 3.90. The van der Waals surface area contributed by atoms with E-state index in [1.807, 2.05) is 83.9 Å². The Morgan fingerprint density at radius 1 is 0.965 bits per heavy atom. The molecule has 3 N–H and O–H groups in total. The number of likely N-dealkylation sites (tertiary alicyclic amines) is 1. The SMILES string of the molecule is C#CNC1CCN(c2ncccc2NC(=O)c2[nH]c3cc(Cl)ccc3c2/C(=C(/C)c2ccccc2)N(C=C)C(C)c2ccc(Cl)cc2)CC1.CC(=O)N1CCCC1. The summed E-state index contributed by atoms with van der Waals surface area (Å²) in [5.74, 6) is 0.639. The maximum absolute atomic E-state index is 14.6. The second-order valence-electron chi connectivity index (χ2n) is 14.3. The maximum Gasteiger partial charge on any atom is 0.272 e. The van der Waals surface area contributed by atoms with E-state index in [-0.39, 0.29) is 23.9 Å². The Kier molecular flexibility index (Phi) is 13.6. The normalized spacial score (nSPS) is 15.2. The van der Waals surface area contributed by atoms with Crippen LogP contribution in [0.25, 0.3) is 22.2 Å². The molecule has 7 rings (SSSR count). The van der Waals surface area contributed by atoms with Gasteiger partial charge in [-0.25, -0.2) is 4.98 Å². The van der Waals surface area contributed by atoms with E-state index in [4.69, 9.17) is 29.6 Å². The number of carbonyl (C=O) groups is 2. The molecular weight excluding hydrogens is 753 g/mol. The number of allylic oxidation sites excluding steroid dienone is 1. The number of carbonyl (C=O) groups excluding carboxylic acids is 2. The Morgan fingerprint density at radius 2 is 1.65 bits per heavy atom. The molecule has 2 fully saturated rings. The minimum absolute atomic E-state index is 0.159. The summed E-state index contributed by atoms with van der Waals surface area (Å²) < 4.78 is 0. The largest absolute Gasteiger partial charge is 0.355 e. The molecule has 0 radical (unpaired) electrons. The Labute approximate surface area is 345 Å². The molecule has 2 amide bonds. The van der Waals surface area contributed by atoms with Crippen molar-refractivity contribution in [2.75, 3.05) is 36.4 Å². The first kappa shape index (κ1) is 41.0. The number of hydrogen-bond acceptors (Lipinski definition) is 6. The highest BCUT2D eigenvalue weighted by atomic mass is 35.5. The number of H-pyrrole nitrogens is 1. The van der Waals surface area contributed by atoms with Crippen LogP contribution in [0.15, 0.2) is 104 Å². The zero-order valence-corrected chi connectivity index (χ0v) is 34.2. The topological polar surface area (TPSA) is 96.6 Å². The Morgan fingerprint density at radius 3 is 2.28 bits per heavy atom. The Bertz CT molecular complexity index is 2270. The van der Waals surface area contributed by atoms with Gasteiger partial charge in [0.15, 0.2) is 5.82 Å². The van der Waals surface area contributed by atoms with Gasteiger partial charge >= 0.3 is 0 Å². The maximum atomic E-state index is 14.6. The van der Waals surface area contributed by atoms with E-state index in [0.29, 0.717) is 21.4 Å². The number of terminal acetylenes is 1. The van der Waals surface area contributed by atoms with Gasteiger partial charge in [-0.3, -0.25) is 9.59 Å². The summed E-state index contributed by atoms with van der Waals surface area (Å²) in [4.78, 5) is 39.5. The van der Waals surface area contributed by atoms with Crippen LogP contribution in [0.1, 0.15) is 79.7 Å². The van der Waals surface area contributed by atoms with E-state index in [9.17, 15) is 9.59 Å². The lowest BCUT2D eigenvalue weighted by Gasteiger charge is -2.33. The van der Waals surface area contributed by atoms with Crippen LogP contribution in [-0.4, -0.2) is 63.8 Å². The van der Waals surface area contributed by atoms with Gasteiger partial charge in [0.25, 0.3) is 5.91 Å². The van der Waals surface area contributed by atoms with Crippen LogP contribution < -0.4 is 15.5 Å². The van der Waals surface area contributed by atoms with Crippen LogP contribution in [0.2, 0.25) is 10.0 Å². The highest BCUT2D eigenvalue weighted by Crippen LogP contribution is 2.41. The lowest BCUT2D eigenvalue weighted by molar-refractivity contribution is -0.127. The molecule has 0 spiro atoms. The summed E-state index contributed by atoms with van der Waals surface area (Å²) in [6, 6.07) is 29.9. The van der Waals surface area contributed by atoms with Crippen LogP contribution >= 0.6 is 23.2 Å². The third kappa shape index (κ3) is 9.65. The van der Waals surface area contributed by atoms with Crippen molar-refractivity contribution in [1.29, 1.82) is 0 Å². The van der Waals surface area contributed by atoms with Gasteiger partial charge in [0, 0.05) is 77.9 Å². The van der Waals surface area contributed by atoms with Crippen molar-refractivity contribution in [1.82, 2.24) is 25.1 Å². The van der Waals surface area contributed by atoms with Gasteiger partial charge in [-0.2, -0.15) is 0 Å². The van der Waals surface area contributed by atoms with E-state index in [1.165, 1.54) is 12.8 Å². The number of piperidine rings is 1. The van der Waals surface area contributed by atoms with Crippen LogP contribution in [0.3, 0.4) is 0 Å². The minimum Gasteiger partial charge on any atom is -0.355 e. The summed E-state index contributed by atoms with van der Waals surface area (Å²) in [5, 5.41) is 8.36. The predicted octanol–water partition coefficient (Wildman–Crippen LogP) is 9.99. The summed E-state index contributed by atoms with van der Waals surface area (Å²) in [6.07, 6.45) is 13.2. The number of pyridine rings is 1. The standard InChI is InChI=1S/C40H38Cl2N6O.C6H11NO/c1-5-43-32-20-23-47(24-21-32)39-34(13-10-22-44-39)46-40(49)37-36(33-19-18-31(42)25-35(33)45-37)38(26(3)28-11-8-7-9-12-28)48(6-2)27(4)29-14-16-30(41)17-15-29;1-6(8)7-4-2-3-5-7/h1,6-19,22,25,27,32,43,45H,2,20-21,23-24H2,3-4H3,(H,46,49);2-5H2,1H3/b38-26+;. The summed E-state index contributed by atoms with van der Waals surface area (Å²) in [6.45, 7) is 13.5. The molecule has 4 heterocycles. The first-order chi connectivity index (χ1) is 27.6. The van der Waals surface area contributed by atoms with E-state index < -0.39 is 0 Å². The van der Waals surface area contributed by atoms with Crippen molar-refractivity contribution in [3.05, 3.63) is 136 Å². The molecule has 9 nitrogen and oxygen atoms in total. The van der Waals surface area contributed by atoms with Crippen molar-refractivity contribution in [2.45, 2.75) is 58.5 Å². The number of amides is 2. The monoisotopic (exact) mass is 801 g/mol. The average molecular weight is 803 g/mol. The molecule has 0 aliphatic carbocycles. The van der Waals surface area contributed by atoms with Crippen molar-refractivity contribution in [3.8, 4) is 12.5 Å². The molecule has 11 heteroatoms. The molecule has 2 aromatic heterocycles. The number of rotatable bonds is 10. The lowest BCUT2D eigenvalue weighted by atomic mass is 9.95. The molecule has 294 valence electrons. The van der Waals surface area contributed by atoms with Crippen molar-refractivity contribution < 1.29 is 9.59 Å². The first-order valence-corrected chi connectivity index (χ1v) is 20.1. The molecule has 1 unspecified atom stereocenters. The lowest BCUT2D eigenvalue weighted by Crippen LogP contribution is -2.41. The number of aromatic nitrogens is 2. The number of halogens is 2. The number of hydrogen-bond donors (Lipinski definition) is 3. The first-order valence-electron chi connectivity index (χ1n) is 19.3. The number of benzene rings is 3. The van der Waals surface area contributed by atoms with Crippen LogP contribution in [-0.2, 0) is 4.79 Å². The molecule has 1 atom stereocenters. The zero-order valence-electron chi connectivity index (χ0n) is 32.7. The molecule has 2 saturated heterocycles. The number of aromatic amines is 1. The Hall–Kier alpha value is -5.69. The van der Waals surface area contributed by atoms with Gasteiger partial charge in [-0.15, -0.1) is 0 Å². The third-order valence-corrected chi connectivity index (χ3v) is 11.2. The highest BCUT2D eigenvalue weighted by Gasteiger charge is 2.30. The van der Waals surface area contributed by atoms with Crippen LogP contribution in [0, 0.1) is 12.5 Å². The van der Waals surface area contributed by atoms with E-state index in [2.05, 4.69) is 69.0 Å². The fourth-order valence-corrected chi connectivity index (χ4v) is 7.88. The highest BCUT2D eigenvalue weighted by molar-refractivity contribution is 6.31. The molecule has 0 saturated carbocycles. The predicted molar refractivity (Wildman–Crippen MR) is 235 cm³/mol. The van der Waals surface area contributed by atoms with Crippen molar-refractivity contribution in [3.63, 3.8) is 0 Å². The van der Waals surface area contributed by atoms with Gasteiger partial charge in [-0.1, -0.05) is 84.7 Å². The summed E-state index contributed by atoms with van der Waals surface area (Å²) >= 11 is 12.8. The second kappa shape index (κ2) is 19.0. The van der Waals surface area contributed by atoms with Crippen LogP contribution in [0.5, 0.6) is 0 Å². The molecule has 3 aromatic carbocycles. The van der Waals surface area contributed by atoms with E-state index in [1.54, 1.807) is 13.1 Å². The number of fused-ring (bicyclic) bond motifs is 1. The molecule has 5 aromatic rings. The molecule has 2 aliphatic rings.